The van der Waals surface area contributed by atoms with Crippen LogP contribution in [0, 0.1) is 5.92 Å². The van der Waals surface area contributed by atoms with Crippen LogP contribution in [0.4, 0.5) is 4.79 Å². The van der Waals surface area contributed by atoms with Gasteiger partial charge in [0.25, 0.3) is 0 Å². The summed E-state index contributed by atoms with van der Waals surface area (Å²) < 4.78 is 0. The van der Waals surface area contributed by atoms with Gasteiger partial charge in [0.1, 0.15) is 0 Å². The van der Waals surface area contributed by atoms with Crippen LogP contribution < -0.4 is 10.6 Å². The molecule has 1 aliphatic carbocycles. The third kappa shape index (κ3) is 3.69. The second kappa shape index (κ2) is 5.34. The highest BCUT2D eigenvalue weighted by atomic mass is 16.4. The summed E-state index contributed by atoms with van der Waals surface area (Å²) in [6, 6.07) is -0.252. The van der Waals surface area contributed by atoms with Crippen LogP contribution in [0.3, 0.4) is 0 Å². The predicted octanol–water partition coefficient (Wildman–Crippen LogP) is -0.619. The first-order valence-electron chi connectivity index (χ1n) is 6.10. The standard InChI is InChI=1S/C11H17N3O4/c15-9(13-11(18)12-8-1-2-8)6-14-4-3-7(5-14)10(16)17/h7-8H,1-6H2,(H,16,17)(H2,12,13,15,18). The van der Waals surface area contributed by atoms with Gasteiger partial charge in [-0.3, -0.25) is 19.8 Å². The van der Waals surface area contributed by atoms with Crippen LogP contribution in [-0.4, -0.2) is 53.6 Å². The number of urea groups is 1. The second-order valence-electron chi connectivity index (χ2n) is 4.85. The van der Waals surface area contributed by atoms with Crippen LogP contribution >= 0.6 is 0 Å². The number of carbonyl (C=O) groups is 3. The van der Waals surface area contributed by atoms with Crippen molar-refractivity contribution in [1.82, 2.24) is 15.5 Å². The van der Waals surface area contributed by atoms with E-state index in [2.05, 4.69) is 10.6 Å². The zero-order chi connectivity index (χ0) is 13.1. The summed E-state index contributed by atoms with van der Waals surface area (Å²) in [4.78, 5) is 35.3. The van der Waals surface area contributed by atoms with Crippen LogP contribution in [0.25, 0.3) is 0 Å². The van der Waals surface area contributed by atoms with Crippen molar-refractivity contribution in [3.8, 4) is 0 Å². The Morgan fingerprint density at radius 3 is 2.50 bits per heavy atom. The number of nitrogens with one attached hydrogen (secondary N) is 2. The first kappa shape index (κ1) is 12.8. The summed E-state index contributed by atoms with van der Waals surface area (Å²) in [6.07, 6.45) is 2.49. The van der Waals surface area contributed by atoms with Crippen molar-refractivity contribution >= 4 is 17.9 Å². The van der Waals surface area contributed by atoms with Crippen molar-refractivity contribution in [3.05, 3.63) is 0 Å². The summed E-state index contributed by atoms with van der Waals surface area (Å²) in [5, 5.41) is 13.7. The van der Waals surface area contributed by atoms with Gasteiger partial charge in [-0.2, -0.15) is 0 Å². The number of carboxylic acids is 1. The number of imide groups is 1. The minimum atomic E-state index is -0.829. The van der Waals surface area contributed by atoms with Crippen LogP contribution in [0.15, 0.2) is 0 Å². The summed E-state index contributed by atoms with van der Waals surface area (Å²) in [5.74, 6) is -1.62. The van der Waals surface area contributed by atoms with Crippen molar-refractivity contribution in [2.45, 2.75) is 25.3 Å². The summed E-state index contributed by atoms with van der Waals surface area (Å²) in [5.41, 5.74) is 0. The molecule has 7 nitrogen and oxygen atoms in total. The lowest BCUT2D eigenvalue weighted by Gasteiger charge is -2.14. The molecule has 100 valence electrons. The number of carbonyl (C=O) groups excluding carboxylic acids is 2. The quantitative estimate of drug-likeness (QED) is 0.622. The Balaban J connectivity index is 1.67. The van der Waals surface area contributed by atoms with Gasteiger partial charge in [-0.15, -0.1) is 0 Å². The van der Waals surface area contributed by atoms with E-state index in [4.69, 9.17) is 5.11 Å². The monoisotopic (exact) mass is 255 g/mol. The normalized spacial score (nSPS) is 23.7. The maximum atomic E-state index is 11.5. The third-order valence-electron chi connectivity index (χ3n) is 3.15. The molecule has 1 atom stereocenters. The molecular weight excluding hydrogens is 238 g/mol. The van der Waals surface area contributed by atoms with Gasteiger partial charge in [-0.05, 0) is 25.8 Å². The van der Waals surface area contributed by atoms with Crippen LogP contribution in [0.1, 0.15) is 19.3 Å². The molecule has 0 aromatic heterocycles. The maximum absolute atomic E-state index is 11.5. The largest absolute Gasteiger partial charge is 0.481 e. The molecule has 18 heavy (non-hydrogen) atoms. The molecule has 2 rings (SSSR count). The Bertz CT molecular complexity index is 367. The number of rotatable bonds is 4. The highest BCUT2D eigenvalue weighted by Gasteiger charge is 2.29. The van der Waals surface area contributed by atoms with E-state index in [1.165, 1.54) is 0 Å². The number of nitrogens with zero attached hydrogens (tertiary/aromatic N) is 1. The van der Waals surface area contributed by atoms with Gasteiger partial charge in [-0.1, -0.05) is 0 Å². The molecule has 2 fully saturated rings. The average Bonchev–Trinajstić information content (AvgIpc) is 2.93. The van der Waals surface area contributed by atoms with Gasteiger partial charge in [0.2, 0.25) is 5.91 Å². The molecule has 1 aliphatic heterocycles. The molecular formula is C11H17N3O4. The topological polar surface area (TPSA) is 98.7 Å². The average molecular weight is 255 g/mol. The third-order valence-corrected chi connectivity index (χ3v) is 3.15. The molecule has 0 radical (unpaired) electrons. The van der Waals surface area contributed by atoms with Crippen molar-refractivity contribution < 1.29 is 19.5 Å². The van der Waals surface area contributed by atoms with Crippen molar-refractivity contribution in [2.75, 3.05) is 19.6 Å². The minimum absolute atomic E-state index is 0.0713. The molecule has 0 bridgehead atoms. The lowest BCUT2D eigenvalue weighted by Crippen LogP contribution is -2.44. The van der Waals surface area contributed by atoms with E-state index >= 15 is 0 Å². The number of likely N-dealkylation sites (tertiary alicyclic amines) is 1. The predicted molar refractivity (Wildman–Crippen MR) is 61.9 cm³/mol. The molecule has 3 amide bonds. The number of hydrogen-bond donors (Lipinski definition) is 3. The van der Waals surface area contributed by atoms with Crippen LogP contribution in [0.5, 0.6) is 0 Å². The Kier molecular flexibility index (Phi) is 3.81. The molecule has 2 aliphatic rings. The summed E-state index contributed by atoms with van der Waals surface area (Å²) in [7, 11) is 0. The number of amides is 3. The first-order chi connectivity index (χ1) is 8.54. The molecule has 0 aromatic rings. The Morgan fingerprint density at radius 2 is 1.94 bits per heavy atom. The lowest BCUT2D eigenvalue weighted by atomic mass is 10.1. The van der Waals surface area contributed by atoms with E-state index in [9.17, 15) is 14.4 Å². The fourth-order valence-corrected chi connectivity index (χ4v) is 2.00. The van der Waals surface area contributed by atoms with Crippen LogP contribution in [0.2, 0.25) is 0 Å². The van der Waals surface area contributed by atoms with E-state index in [0.29, 0.717) is 19.5 Å². The van der Waals surface area contributed by atoms with E-state index in [-0.39, 0.29) is 18.5 Å². The van der Waals surface area contributed by atoms with Crippen molar-refractivity contribution in [3.63, 3.8) is 0 Å². The fraction of sp³-hybridized carbons (Fsp3) is 0.727. The fourth-order valence-electron chi connectivity index (χ4n) is 2.00. The van der Waals surface area contributed by atoms with Gasteiger partial charge in [0.15, 0.2) is 0 Å². The van der Waals surface area contributed by atoms with Gasteiger partial charge < -0.3 is 10.4 Å². The van der Waals surface area contributed by atoms with E-state index in [0.717, 1.165) is 12.8 Å². The second-order valence-corrected chi connectivity index (χ2v) is 4.85. The van der Waals surface area contributed by atoms with Gasteiger partial charge in [0, 0.05) is 12.6 Å². The maximum Gasteiger partial charge on any atom is 0.321 e. The molecule has 0 spiro atoms. The van der Waals surface area contributed by atoms with E-state index < -0.39 is 17.9 Å². The highest BCUT2D eigenvalue weighted by Crippen LogP contribution is 2.18. The van der Waals surface area contributed by atoms with Gasteiger partial charge in [0.05, 0.1) is 12.5 Å². The molecule has 1 heterocycles. The van der Waals surface area contributed by atoms with Crippen molar-refractivity contribution in [2.24, 2.45) is 5.92 Å². The smallest absolute Gasteiger partial charge is 0.321 e. The number of hydrogen-bond acceptors (Lipinski definition) is 4. The number of carboxylic acid groups (broad SMARTS) is 1. The zero-order valence-corrected chi connectivity index (χ0v) is 10.0. The van der Waals surface area contributed by atoms with E-state index in [1.54, 1.807) is 4.90 Å². The van der Waals surface area contributed by atoms with Crippen LogP contribution in [-0.2, 0) is 9.59 Å². The lowest BCUT2D eigenvalue weighted by molar-refractivity contribution is -0.141. The Morgan fingerprint density at radius 1 is 1.22 bits per heavy atom. The highest BCUT2D eigenvalue weighted by molar-refractivity contribution is 5.95. The SMILES string of the molecule is O=C(CN1CCC(C(=O)O)C1)NC(=O)NC1CC1. The van der Waals surface area contributed by atoms with Crippen molar-refractivity contribution in [1.29, 1.82) is 0 Å². The molecule has 1 saturated heterocycles. The first-order valence-corrected chi connectivity index (χ1v) is 6.10. The van der Waals surface area contributed by atoms with E-state index in [1.807, 2.05) is 0 Å². The number of aliphatic carboxylic acids is 1. The summed E-state index contributed by atoms with van der Waals surface area (Å²) >= 11 is 0. The molecule has 7 heteroatoms. The zero-order valence-electron chi connectivity index (χ0n) is 10.0. The summed E-state index contributed by atoms with van der Waals surface area (Å²) in [6.45, 7) is 1.02. The molecule has 1 saturated carbocycles. The Hall–Kier alpha value is -1.63. The molecule has 1 unspecified atom stereocenters. The van der Waals surface area contributed by atoms with Gasteiger partial charge in [-0.25, -0.2) is 4.79 Å². The molecule has 3 N–H and O–H groups in total. The molecule has 0 aromatic carbocycles. The minimum Gasteiger partial charge on any atom is -0.481 e. The Labute approximate surface area is 105 Å². The van der Waals surface area contributed by atoms with Gasteiger partial charge >= 0.3 is 12.0 Å².